The van der Waals surface area contributed by atoms with Crippen molar-refractivity contribution in [2.45, 2.75) is 13.8 Å². The van der Waals surface area contributed by atoms with E-state index in [1.54, 1.807) is 12.1 Å². The Hall–Kier alpha value is -3.33. The molecule has 0 aliphatic heterocycles. The van der Waals surface area contributed by atoms with E-state index >= 15 is 0 Å². The van der Waals surface area contributed by atoms with Gasteiger partial charge in [-0.05, 0) is 38.1 Å². The monoisotopic (exact) mass is 368 g/mol. The number of anilines is 2. The summed E-state index contributed by atoms with van der Waals surface area (Å²) in [4.78, 5) is 17.0. The zero-order chi connectivity index (χ0) is 18.1. The van der Waals surface area contributed by atoms with E-state index in [4.69, 9.17) is 16.1 Å². The first-order valence-electron chi connectivity index (χ1n) is 7.67. The molecular formula is C16H13ClN8O. The van der Waals surface area contributed by atoms with Gasteiger partial charge in [-0.2, -0.15) is 10.1 Å². The van der Waals surface area contributed by atoms with Gasteiger partial charge in [0.2, 0.25) is 11.8 Å². The fourth-order valence-corrected chi connectivity index (χ4v) is 2.62. The number of halogens is 1. The number of aromatic amines is 1. The largest absolute Gasteiger partial charge is 0.333 e. The normalized spacial score (nSPS) is 10.9. The molecule has 0 fully saturated rings. The van der Waals surface area contributed by atoms with Crippen LogP contribution in [0.15, 0.2) is 35.1 Å². The number of benzene rings is 1. The van der Waals surface area contributed by atoms with Gasteiger partial charge in [-0.1, -0.05) is 16.8 Å². The van der Waals surface area contributed by atoms with Crippen LogP contribution in [0.1, 0.15) is 11.4 Å². The van der Waals surface area contributed by atoms with Crippen LogP contribution in [0.2, 0.25) is 5.02 Å². The Morgan fingerprint density at radius 3 is 2.62 bits per heavy atom. The smallest absolute Gasteiger partial charge is 0.259 e. The van der Waals surface area contributed by atoms with Crippen molar-refractivity contribution in [3.8, 4) is 23.1 Å². The van der Waals surface area contributed by atoms with Gasteiger partial charge in [-0.3, -0.25) is 5.10 Å². The molecule has 0 amide bonds. The van der Waals surface area contributed by atoms with Crippen molar-refractivity contribution in [3.63, 3.8) is 0 Å². The molecule has 0 atom stereocenters. The lowest BCUT2D eigenvalue weighted by atomic mass is 10.2. The first-order chi connectivity index (χ1) is 12.6. The second-order valence-electron chi connectivity index (χ2n) is 5.55. The summed E-state index contributed by atoms with van der Waals surface area (Å²) in [5.41, 5.74) is 3.08. The third-order valence-corrected chi connectivity index (χ3v) is 3.82. The minimum Gasteiger partial charge on any atom is -0.333 e. The molecule has 130 valence electrons. The van der Waals surface area contributed by atoms with Gasteiger partial charge in [0.25, 0.3) is 5.89 Å². The molecule has 3 heterocycles. The van der Waals surface area contributed by atoms with E-state index in [1.165, 1.54) is 6.33 Å². The van der Waals surface area contributed by atoms with Gasteiger partial charge >= 0.3 is 0 Å². The van der Waals surface area contributed by atoms with E-state index in [9.17, 15) is 0 Å². The maximum Gasteiger partial charge on any atom is 0.259 e. The molecular weight excluding hydrogens is 356 g/mol. The number of rotatable bonds is 4. The highest BCUT2D eigenvalue weighted by molar-refractivity contribution is 6.33. The highest BCUT2D eigenvalue weighted by Gasteiger charge is 2.16. The molecule has 4 aromatic rings. The Balaban J connectivity index is 1.66. The molecule has 0 bridgehead atoms. The second kappa shape index (κ2) is 6.52. The van der Waals surface area contributed by atoms with Crippen LogP contribution in [-0.2, 0) is 0 Å². The first-order valence-corrected chi connectivity index (χ1v) is 8.05. The summed E-state index contributed by atoms with van der Waals surface area (Å²) in [5.74, 6) is 1.48. The number of H-pyrrole nitrogens is 1. The molecule has 3 aromatic heterocycles. The van der Waals surface area contributed by atoms with Crippen molar-refractivity contribution in [1.82, 2.24) is 35.3 Å². The van der Waals surface area contributed by atoms with Crippen molar-refractivity contribution < 1.29 is 4.52 Å². The number of hydrogen-bond acceptors (Lipinski definition) is 8. The van der Waals surface area contributed by atoms with E-state index in [-0.39, 0.29) is 5.89 Å². The van der Waals surface area contributed by atoms with Gasteiger partial charge in [-0.25, -0.2) is 15.0 Å². The summed E-state index contributed by atoms with van der Waals surface area (Å²) in [5, 5.41) is 14.0. The van der Waals surface area contributed by atoms with E-state index < -0.39 is 0 Å². The van der Waals surface area contributed by atoms with E-state index in [2.05, 4.69) is 40.6 Å². The summed E-state index contributed by atoms with van der Waals surface area (Å²) in [6, 6.07) is 7.25. The lowest BCUT2D eigenvalue weighted by Gasteiger charge is -2.08. The number of aryl methyl sites for hydroxylation is 2. The average Bonchev–Trinajstić information content (AvgIpc) is 3.26. The summed E-state index contributed by atoms with van der Waals surface area (Å²) in [7, 11) is 0. The van der Waals surface area contributed by atoms with Crippen LogP contribution in [0.25, 0.3) is 23.1 Å². The molecule has 9 nitrogen and oxygen atoms in total. The highest BCUT2D eigenvalue weighted by atomic mass is 35.5. The molecule has 0 unspecified atom stereocenters. The molecule has 0 aliphatic rings. The van der Waals surface area contributed by atoms with Crippen LogP contribution in [0.5, 0.6) is 0 Å². The zero-order valence-electron chi connectivity index (χ0n) is 13.9. The molecule has 1 aromatic carbocycles. The average molecular weight is 369 g/mol. The fraction of sp³-hybridized carbons (Fsp3) is 0.125. The van der Waals surface area contributed by atoms with Gasteiger partial charge in [0.05, 0.1) is 10.6 Å². The van der Waals surface area contributed by atoms with Crippen LogP contribution >= 0.6 is 11.6 Å². The van der Waals surface area contributed by atoms with Gasteiger partial charge in [0, 0.05) is 17.1 Å². The molecule has 0 saturated heterocycles. The van der Waals surface area contributed by atoms with Crippen molar-refractivity contribution >= 4 is 23.2 Å². The Bertz CT molecular complexity index is 1040. The van der Waals surface area contributed by atoms with Crippen LogP contribution in [0.4, 0.5) is 11.6 Å². The Kier molecular flexibility index (Phi) is 4.05. The summed E-state index contributed by atoms with van der Waals surface area (Å²) >= 11 is 6.30. The third-order valence-electron chi connectivity index (χ3n) is 3.49. The third kappa shape index (κ3) is 3.24. The number of nitrogens with zero attached hydrogens (tertiary/aromatic N) is 6. The Labute approximate surface area is 152 Å². The quantitative estimate of drug-likeness (QED) is 0.563. The lowest BCUT2D eigenvalue weighted by Crippen LogP contribution is -2.00. The highest BCUT2D eigenvalue weighted by Crippen LogP contribution is 2.31. The molecule has 4 rings (SSSR count). The molecule has 10 heteroatoms. The predicted octanol–water partition coefficient (Wildman–Crippen LogP) is 3.33. The lowest BCUT2D eigenvalue weighted by molar-refractivity contribution is 0.432. The van der Waals surface area contributed by atoms with Gasteiger partial charge in [0.1, 0.15) is 6.33 Å². The number of hydrogen-bond donors (Lipinski definition) is 2. The van der Waals surface area contributed by atoms with Crippen LogP contribution < -0.4 is 5.32 Å². The molecule has 2 N–H and O–H groups in total. The van der Waals surface area contributed by atoms with Crippen molar-refractivity contribution in [2.24, 2.45) is 0 Å². The minimum absolute atomic E-state index is 0.270. The molecule has 0 radical (unpaired) electrons. The SMILES string of the molecule is Cc1cc(C)nc(Nc2ccc(Cl)c(-c3nc(-c4ncn[nH]4)no3)c2)n1. The molecule has 26 heavy (non-hydrogen) atoms. The molecule has 0 aliphatic carbocycles. The molecule has 0 spiro atoms. The Morgan fingerprint density at radius 1 is 1.08 bits per heavy atom. The van der Waals surface area contributed by atoms with Crippen LogP contribution in [-0.4, -0.2) is 35.3 Å². The van der Waals surface area contributed by atoms with Gasteiger partial charge in [-0.15, -0.1) is 0 Å². The first kappa shape index (κ1) is 16.2. The van der Waals surface area contributed by atoms with Crippen LogP contribution in [0, 0.1) is 13.8 Å². The maximum absolute atomic E-state index is 6.30. The van der Waals surface area contributed by atoms with Crippen LogP contribution in [0.3, 0.4) is 0 Å². The van der Waals surface area contributed by atoms with Crippen molar-refractivity contribution in [2.75, 3.05) is 5.32 Å². The van der Waals surface area contributed by atoms with Crippen molar-refractivity contribution in [3.05, 3.63) is 47.0 Å². The minimum atomic E-state index is 0.270. The number of nitrogens with one attached hydrogen (secondary N) is 2. The number of aromatic nitrogens is 7. The zero-order valence-corrected chi connectivity index (χ0v) is 14.6. The van der Waals surface area contributed by atoms with E-state index in [0.717, 1.165) is 17.1 Å². The summed E-state index contributed by atoms with van der Waals surface area (Å²) in [6.07, 6.45) is 1.37. The predicted molar refractivity (Wildman–Crippen MR) is 94.9 cm³/mol. The summed E-state index contributed by atoms with van der Waals surface area (Å²) < 4.78 is 5.31. The summed E-state index contributed by atoms with van der Waals surface area (Å²) in [6.45, 7) is 3.83. The topological polar surface area (TPSA) is 118 Å². The second-order valence-corrected chi connectivity index (χ2v) is 5.96. The van der Waals surface area contributed by atoms with Gasteiger partial charge < -0.3 is 9.84 Å². The van der Waals surface area contributed by atoms with Crippen molar-refractivity contribution in [1.29, 1.82) is 0 Å². The van der Waals surface area contributed by atoms with E-state index in [0.29, 0.717) is 28.2 Å². The fourth-order valence-electron chi connectivity index (χ4n) is 2.42. The Morgan fingerprint density at radius 2 is 1.88 bits per heavy atom. The van der Waals surface area contributed by atoms with Gasteiger partial charge in [0.15, 0.2) is 5.82 Å². The molecule has 0 saturated carbocycles. The van der Waals surface area contributed by atoms with E-state index in [1.807, 2.05) is 26.0 Å². The standard InChI is InChI=1S/C16H13ClN8O/c1-8-5-9(2)21-16(20-8)22-10-3-4-12(17)11(6-10)15-23-14(25-26-15)13-18-7-19-24-13/h3-7H,1-2H3,(H,18,19,24)(H,20,21,22). The maximum atomic E-state index is 6.30.